The Kier molecular flexibility index (Phi) is 5.68. The molecule has 0 aliphatic carbocycles. The second kappa shape index (κ2) is 6.26. The Morgan fingerprint density at radius 2 is 2.25 bits per heavy atom. The van der Waals surface area contributed by atoms with Crippen LogP contribution in [-0.2, 0) is 0 Å². The van der Waals surface area contributed by atoms with Gasteiger partial charge in [-0.15, -0.1) is 5.73 Å². The first-order valence-corrected chi connectivity index (χ1v) is 2.94. The molecule has 0 atom stereocenters. The fourth-order valence-electron chi connectivity index (χ4n) is 0.356. The van der Waals surface area contributed by atoms with Crippen molar-refractivity contribution in [2.24, 2.45) is 0 Å². The van der Waals surface area contributed by atoms with E-state index in [-0.39, 0.29) is 0 Å². The van der Waals surface area contributed by atoms with Crippen molar-refractivity contribution in [2.45, 2.75) is 20.3 Å². The molecule has 0 unspecified atom stereocenters. The van der Waals surface area contributed by atoms with Crippen molar-refractivity contribution in [2.75, 3.05) is 0 Å². The first-order chi connectivity index (χ1) is 3.91. The van der Waals surface area contributed by atoms with Gasteiger partial charge in [-0.05, 0) is 25.5 Å². The molecule has 0 heterocycles. The van der Waals surface area contributed by atoms with E-state index in [1.54, 1.807) is 0 Å². The topological polar surface area (TPSA) is 0 Å². The van der Waals surface area contributed by atoms with Gasteiger partial charge in [-0.2, -0.15) is 0 Å². The van der Waals surface area contributed by atoms with E-state index in [4.69, 9.17) is 0 Å². The van der Waals surface area contributed by atoms with Crippen LogP contribution in [0.5, 0.6) is 0 Å². The lowest BCUT2D eigenvalue weighted by Gasteiger charge is -1.68. The zero-order valence-corrected chi connectivity index (χ0v) is 5.52. The molecule has 0 aromatic heterocycles. The zero-order valence-electron chi connectivity index (χ0n) is 5.52. The van der Waals surface area contributed by atoms with Gasteiger partial charge in [0, 0.05) is 0 Å². The summed E-state index contributed by atoms with van der Waals surface area (Å²) >= 11 is 0. The summed E-state index contributed by atoms with van der Waals surface area (Å²) < 4.78 is 0. The van der Waals surface area contributed by atoms with Crippen molar-refractivity contribution in [3.63, 3.8) is 0 Å². The van der Waals surface area contributed by atoms with Crippen molar-refractivity contribution in [1.82, 2.24) is 0 Å². The van der Waals surface area contributed by atoms with Crippen LogP contribution in [0.4, 0.5) is 0 Å². The molecule has 0 spiro atoms. The van der Waals surface area contributed by atoms with Gasteiger partial charge in [0.05, 0.1) is 0 Å². The molecule has 0 radical (unpaired) electrons. The van der Waals surface area contributed by atoms with Crippen LogP contribution < -0.4 is 0 Å². The number of hydrogen-bond donors (Lipinski definition) is 0. The van der Waals surface area contributed by atoms with Gasteiger partial charge in [-0.3, -0.25) is 0 Å². The van der Waals surface area contributed by atoms with E-state index in [1.807, 2.05) is 25.2 Å². The summed E-state index contributed by atoms with van der Waals surface area (Å²) in [5.74, 6) is 0. The average Bonchev–Trinajstić information content (AvgIpc) is 1.81. The molecule has 8 heavy (non-hydrogen) atoms. The van der Waals surface area contributed by atoms with E-state index in [9.17, 15) is 0 Å². The second-order valence-corrected chi connectivity index (χ2v) is 1.46. The van der Waals surface area contributed by atoms with Crippen molar-refractivity contribution in [3.8, 4) is 0 Å². The molecule has 0 N–H and O–H groups in total. The highest BCUT2D eigenvalue weighted by Gasteiger charge is 1.57. The quantitative estimate of drug-likeness (QED) is 0.377. The lowest BCUT2D eigenvalue weighted by Crippen LogP contribution is -1.47. The van der Waals surface area contributed by atoms with Gasteiger partial charge in [0.25, 0.3) is 0 Å². The summed E-state index contributed by atoms with van der Waals surface area (Å²) in [6.07, 6.45) is 8.99. The predicted octanol–water partition coefficient (Wildman–Crippen LogP) is 2.68. The van der Waals surface area contributed by atoms with E-state index >= 15 is 0 Å². The van der Waals surface area contributed by atoms with Crippen LogP contribution in [0.15, 0.2) is 30.0 Å². The molecule has 0 aliphatic heterocycles. The monoisotopic (exact) mass is 108 g/mol. The highest BCUT2D eigenvalue weighted by molar-refractivity contribution is 5.01. The molecule has 0 amide bonds. The van der Waals surface area contributed by atoms with E-state index in [1.165, 1.54) is 0 Å². The minimum absolute atomic E-state index is 1.10. The third-order valence-electron chi connectivity index (χ3n) is 0.731. The van der Waals surface area contributed by atoms with Crippen molar-refractivity contribution in [3.05, 3.63) is 30.0 Å². The van der Waals surface area contributed by atoms with Crippen LogP contribution in [0.1, 0.15) is 20.3 Å². The Labute approximate surface area is 51.2 Å². The summed E-state index contributed by atoms with van der Waals surface area (Å²) in [6.45, 7) is 4.07. The SMILES string of the molecule is CC=C=CC=CCC. The van der Waals surface area contributed by atoms with Crippen LogP contribution in [0.3, 0.4) is 0 Å². The van der Waals surface area contributed by atoms with E-state index in [0.29, 0.717) is 0 Å². The maximum atomic E-state index is 2.95. The van der Waals surface area contributed by atoms with Crippen LogP contribution in [-0.4, -0.2) is 0 Å². The Bertz CT molecular complexity index is 112. The average molecular weight is 108 g/mol. The summed E-state index contributed by atoms with van der Waals surface area (Å²) in [5.41, 5.74) is 2.95. The molecule has 0 nitrogen and oxygen atoms in total. The molecule has 0 aromatic carbocycles. The largest absolute Gasteiger partial charge is 0.126 e. The van der Waals surface area contributed by atoms with Gasteiger partial charge < -0.3 is 0 Å². The number of allylic oxidation sites excluding steroid dienone is 3. The molecule has 0 aliphatic rings. The molecule has 0 aromatic rings. The van der Waals surface area contributed by atoms with Crippen LogP contribution in [0.2, 0.25) is 0 Å². The Hall–Kier alpha value is -0.740. The first kappa shape index (κ1) is 7.26. The zero-order chi connectivity index (χ0) is 6.24. The third kappa shape index (κ3) is 5.26. The normalized spacial score (nSPS) is 8.75. The molecule has 0 fully saturated rings. The van der Waals surface area contributed by atoms with Gasteiger partial charge in [0.2, 0.25) is 0 Å². The van der Waals surface area contributed by atoms with Crippen LogP contribution >= 0.6 is 0 Å². The van der Waals surface area contributed by atoms with Gasteiger partial charge in [0.1, 0.15) is 0 Å². The first-order valence-electron chi connectivity index (χ1n) is 2.94. The molecule has 0 saturated carbocycles. The molecule has 0 rings (SSSR count). The van der Waals surface area contributed by atoms with Gasteiger partial charge in [-0.1, -0.05) is 19.1 Å². The summed E-state index contributed by atoms with van der Waals surface area (Å²) in [4.78, 5) is 0. The van der Waals surface area contributed by atoms with Crippen molar-refractivity contribution in [1.29, 1.82) is 0 Å². The molecule has 0 saturated heterocycles. The lowest BCUT2D eigenvalue weighted by atomic mass is 10.4. The van der Waals surface area contributed by atoms with Crippen molar-refractivity contribution >= 4 is 0 Å². The minimum Gasteiger partial charge on any atom is -0.126 e. The Morgan fingerprint density at radius 1 is 1.50 bits per heavy atom. The van der Waals surface area contributed by atoms with Gasteiger partial charge >= 0.3 is 0 Å². The highest BCUT2D eigenvalue weighted by atomic mass is 13.6. The smallest absolute Gasteiger partial charge is 0.0206 e. The lowest BCUT2D eigenvalue weighted by molar-refractivity contribution is 1.22. The Balaban J connectivity index is 3.42. The maximum Gasteiger partial charge on any atom is -0.0206 e. The molecule has 0 bridgehead atoms. The van der Waals surface area contributed by atoms with E-state index in [2.05, 4.69) is 18.7 Å². The fourth-order valence-corrected chi connectivity index (χ4v) is 0.356. The summed E-state index contributed by atoms with van der Waals surface area (Å²) in [7, 11) is 0. The summed E-state index contributed by atoms with van der Waals surface area (Å²) in [5, 5.41) is 0. The van der Waals surface area contributed by atoms with Crippen LogP contribution in [0.25, 0.3) is 0 Å². The molecular weight excluding hydrogens is 96.1 g/mol. The fraction of sp³-hybridized carbons (Fsp3) is 0.375. The number of rotatable bonds is 2. The summed E-state index contributed by atoms with van der Waals surface area (Å²) in [6, 6.07) is 0. The molecule has 0 heteroatoms. The predicted molar refractivity (Wildman–Crippen MR) is 37.8 cm³/mol. The second-order valence-electron chi connectivity index (χ2n) is 1.46. The van der Waals surface area contributed by atoms with Crippen LogP contribution in [0, 0.1) is 0 Å². The van der Waals surface area contributed by atoms with E-state index in [0.717, 1.165) is 6.42 Å². The standard InChI is InChI=1S/C8H12/c1-3-5-7-8-6-4-2/h3,6-8H,4H2,1-2H3. The van der Waals surface area contributed by atoms with E-state index < -0.39 is 0 Å². The van der Waals surface area contributed by atoms with Gasteiger partial charge in [-0.25, -0.2) is 0 Å². The molecular formula is C8H12. The molecule has 44 valence electrons. The van der Waals surface area contributed by atoms with Gasteiger partial charge in [0.15, 0.2) is 0 Å². The highest BCUT2D eigenvalue weighted by Crippen LogP contribution is 1.78. The third-order valence-corrected chi connectivity index (χ3v) is 0.731. The maximum absolute atomic E-state index is 2.95. The van der Waals surface area contributed by atoms with Crippen molar-refractivity contribution < 1.29 is 0 Å². The minimum atomic E-state index is 1.10. The Morgan fingerprint density at radius 3 is 2.75 bits per heavy atom. The number of hydrogen-bond acceptors (Lipinski definition) is 0.